The second-order valence-electron chi connectivity index (χ2n) is 9.65. The van der Waals surface area contributed by atoms with Gasteiger partial charge < -0.3 is 10.2 Å². The van der Waals surface area contributed by atoms with E-state index < -0.39 is 11.7 Å². The first-order valence-electron chi connectivity index (χ1n) is 11.8. The average Bonchev–Trinajstić information content (AvgIpc) is 2.78. The number of hydrogen-bond acceptors (Lipinski definition) is 3. The normalized spacial score (nSPS) is 31.9. The molecule has 1 aromatic carbocycles. The van der Waals surface area contributed by atoms with Crippen LogP contribution in [-0.2, 0) is 15.8 Å². The molecule has 0 aromatic heterocycles. The van der Waals surface area contributed by atoms with Crippen molar-refractivity contribution in [2.24, 2.45) is 11.8 Å². The molecule has 0 spiro atoms. The zero-order valence-corrected chi connectivity index (χ0v) is 19.8. The highest BCUT2D eigenvalue weighted by Crippen LogP contribution is 2.43. The predicted octanol–water partition coefficient (Wildman–Crippen LogP) is 5.48. The summed E-state index contributed by atoms with van der Waals surface area (Å²) in [4.78, 5) is 28.2. The first-order valence-corrected chi connectivity index (χ1v) is 12.6. The van der Waals surface area contributed by atoms with Crippen molar-refractivity contribution in [2.75, 3.05) is 7.05 Å². The van der Waals surface area contributed by atoms with E-state index in [1.165, 1.54) is 30.3 Å². The van der Waals surface area contributed by atoms with Gasteiger partial charge >= 0.3 is 6.18 Å². The standard InChI is InChI=1S/C25H31F3N2O2S/c1-15-5-3-4-6-19(15)29-23(31)17-9-12-21-20(14-17)30(2)24(32)22(33-21)13-16-7-10-18(11-8-16)25(26,27)28/h7-8,10-11,13,15,17,19-21H,3-6,9,12,14H2,1-2H3,(H,29,31)/b22-13-. The smallest absolute Gasteiger partial charge is 0.353 e. The van der Waals surface area contributed by atoms with E-state index in [1.54, 1.807) is 18.0 Å². The molecule has 1 heterocycles. The fraction of sp³-hybridized carbons (Fsp3) is 0.600. The van der Waals surface area contributed by atoms with Gasteiger partial charge in [0.05, 0.1) is 10.5 Å². The molecule has 4 rings (SSSR count). The Morgan fingerprint density at radius 1 is 1.12 bits per heavy atom. The molecular weight excluding hydrogens is 449 g/mol. The molecule has 1 aliphatic heterocycles. The molecule has 1 saturated heterocycles. The van der Waals surface area contributed by atoms with Crippen molar-refractivity contribution in [2.45, 2.75) is 75.4 Å². The lowest BCUT2D eigenvalue weighted by Crippen LogP contribution is -2.53. The van der Waals surface area contributed by atoms with Crippen LogP contribution in [-0.4, -0.2) is 41.1 Å². The van der Waals surface area contributed by atoms with Crippen LogP contribution in [0.15, 0.2) is 29.2 Å². The topological polar surface area (TPSA) is 49.4 Å². The molecule has 2 saturated carbocycles. The van der Waals surface area contributed by atoms with E-state index in [0.29, 0.717) is 22.8 Å². The molecule has 0 bridgehead atoms. The Labute approximate surface area is 197 Å². The molecule has 5 atom stereocenters. The van der Waals surface area contributed by atoms with Crippen molar-refractivity contribution in [3.05, 3.63) is 40.3 Å². The molecule has 33 heavy (non-hydrogen) atoms. The molecule has 4 nitrogen and oxygen atoms in total. The van der Waals surface area contributed by atoms with Gasteiger partial charge in [0.25, 0.3) is 5.91 Å². The van der Waals surface area contributed by atoms with Gasteiger partial charge in [-0.25, -0.2) is 0 Å². The van der Waals surface area contributed by atoms with Crippen LogP contribution in [0.1, 0.15) is 63.0 Å². The van der Waals surface area contributed by atoms with Crippen LogP contribution in [0, 0.1) is 11.8 Å². The Balaban J connectivity index is 1.41. The Kier molecular flexibility index (Phi) is 7.12. The van der Waals surface area contributed by atoms with E-state index in [1.807, 2.05) is 0 Å². The molecule has 1 aromatic rings. The van der Waals surface area contributed by atoms with Crippen LogP contribution in [0.4, 0.5) is 13.2 Å². The number of benzene rings is 1. The minimum atomic E-state index is -4.38. The number of likely N-dealkylation sites (N-methyl/N-ethyl adjacent to an activating group) is 1. The summed E-state index contributed by atoms with van der Waals surface area (Å²) in [6.07, 6.45) is 4.14. The lowest BCUT2D eigenvalue weighted by atomic mass is 9.82. The third-order valence-corrected chi connectivity index (χ3v) is 8.81. The highest BCUT2D eigenvalue weighted by atomic mass is 32.2. The number of rotatable bonds is 3. The molecule has 2 amide bonds. The van der Waals surface area contributed by atoms with E-state index >= 15 is 0 Å². The first-order chi connectivity index (χ1) is 15.6. The van der Waals surface area contributed by atoms with E-state index in [9.17, 15) is 22.8 Å². The first kappa shape index (κ1) is 24.2. The summed E-state index contributed by atoms with van der Waals surface area (Å²) in [7, 11) is 1.77. The van der Waals surface area contributed by atoms with Gasteiger partial charge in [-0.05, 0) is 61.8 Å². The van der Waals surface area contributed by atoms with Crippen LogP contribution in [0.25, 0.3) is 6.08 Å². The van der Waals surface area contributed by atoms with Crippen LogP contribution in [0.5, 0.6) is 0 Å². The number of carbonyl (C=O) groups is 2. The molecule has 3 fully saturated rings. The van der Waals surface area contributed by atoms with Gasteiger partial charge in [0.15, 0.2) is 0 Å². The quantitative estimate of drug-likeness (QED) is 0.583. The minimum absolute atomic E-state index is 0.0134. The van der Waals surface area contributed by atoms with Gasteiger partial charge in [0.2, 0.25) is 5.91 Å². The highest BCUT2D eigenvalue weighted by molar-refractivity contribution is 8.04. The second-order valence-corrected chi connectivity index (χ2v) is 10.9. The van der Waals surface area contributed by atoms with E-state index in [-0.39, 0.29) is 35.1 Å². The van der Waals surface area contributed by atoms with Crippen molar-refractivity contribution in [3.8, 4) is 0 Å². The van der Waals surface area contributed by atoms with Crippen LogP contribution >= 0.6 is 11.8 Å². The fourth-order valence-corrected chi connectivity index (χ4v) is 6.77. The number of fused-ring (bicyclic) bond motifs is 1. The van der Waals surface area contributed by atoms with Crippen LogP contribution in [0.2, 0.25) is 0 Å². The molecule has 0 radical (unpaired) electrons. The molecular formula is C25H31F3N2O2S. The largest absolute Gasteiger partial charge is 0.416 e. The molecule has 1 N–H and O–H groups in total. The number of carbonyl (C=O) groups excluding carboxylic acids is 2. The van der Waals surface area contributed by atoms with Crippen molar-refractivity contribution in [3.63, 3.8) is 0 Å². The third kappa shape index (κ3) is 5.42. The van der Waals surface area contributed by atoms with Gasteiger partial charge in [-0.3, -0.25) is 9.59 Å². The van der Waals surface area contributed by atoms with E-state index in [2.05, 4.69) is 12.2 Å². The van der Waals surface area contributed by atoms with Gasteiger partial charge in [0.1, 0.15) is 0 Å². The number of nitrogens with one attached hydrogen (secondary N) is 1. The zero-order valence-electron chi connectivity index (χ0n) is 19.0. The van der Waals surface area contributed by atoms with Crippen LogP contribution in [0.3, 0.4) is 0 Å². The van der Waals surface area contributed by atoms with Gasteiger partial charge in [0, 0.05) is 30.3 Å². The summed E-state index contributed by atoms with van der Waals surface area (Å²) in [5.41, 5.74) is -0.135. The van der Waals surface area contributed by atoms with Gasteiger partial charge in [-0.1, -0.05) is 31.9 Å². The number of alkyl halides is 3. The number of nitrogens with zero attached hydrogens (tertiary/aromatic N) is 1. The zero-order chi connectivity index (χ0) is 23.8. The Morgan fingerprint density at radius 2 is 1.82 bits per heavy atom. The Hall–Kier alpha value is -1.96. The number of halogens is 3. The number of thioether (sulfide) groups is 1. The fourth-order valence-electron chi connectivity index (χ4n) is 5.29. The lowest BCUT2D eigenvalue weighted by Gasteiger charge is -2.44. The van der Waals surface area contributed by atoms with Gasteiger partial charge in [-0.2, -0.15) is 13.2 Å². The third-order valence-electron chi connectivity index (χ3n) is 7.41. The summed E-state index contributed by atoms with van der Waals surface area (Å²) in [5, 5.41) is 3.46. The number of hydrogen-bond donors (Lipinski definition) is 1. The second kappa shape index (κ2) is 9.72. The summed E-state index contributed by atoms with van der Waals surface area (Å²) in [6.45, 7) is 2.20. The number of amides is 2. The monoisotopic (exact) mass is 480 g/mol. The molecule has 180 valence electrons. The molecule has 3 aliphatic rings. The van der Waals surface area contributed by atoms with Crippen molar-refractivity contribution in [1.29, 1.82) is 0 Å². The summed E-state index contributed by atoms with van der Waals surface area (Å²) < 4.78 is 38.4. The van der Waals surface area contributed by atoms with E-state index in [0.717, 1.165) is 44.2 Å². The minimum Gasteiger partial charge on any atom is -0.353 e. The van der Waals surface area contributed by atoms with Crippen molar-refractivity contribution < 1.29 is 22.8 Å². The van der Waals surface area contributed by atoms with E-state index in [4.69, 9.17) is 0 Å². The maximum Gasteiger partial charge on any atom is 0.416 e. The Bertz CT molecular complexity index is 915. The molecule has 8 heteroatoms. The predicted molar refractivity (Wildman–Crippen MR) is 124 cm³/mol. The maximum atomic E-state index is 13.0. The van der Waals surface area contributed by atoms with Gasteiger partial charge in [-0.15, -0.1) is 11.8 Å². The summed E-state index contributed by atoms with van der Waals surface area (Å²) >= 11 is 1.50. The molecule has 5 unspecified atom stereocenters. The molecule has 2 aliphatic carbocycles. The van der Waals surface area contributed by atoms with Crippen LogP contribution < -0.4 is 5.32 Å². The Morgan fingerprint density at radius 3 is 2.48 bits per heavy atom. The van der Waals surface area contributed by atoms with Crippen molar-refractivity contribution in [1.82, 2.24) is 10.2 Å². The summed E-state index contributed by atoms with van der Waals surface area (Å²) in [5.74, 6) is 0.398. The average molecular weight is 481 g/mol. The lowest BCUT2D eigenvalue weighted by molar-refractivity contribution is -0.137. The van der Waals surface area contributed by atoms with Crippen molar-refractivity contribution >= 4 is 29.7 Å². The summed E-state index contributed by atoms with van der Waals surface area (Å²) in [6, 6.07) is 5.09. The highest BCUT2D eigenvalue weighted by Gasteiger charge is 2.43. The SMILES string of the molecule is CC1CCCCC1NC(=O)C1CCC2S/C(=C\c3ccc(C(F)(F)F)cc3)C(=O)N(C)C2C1. The maximum absolute atomic E-state index is 13.0.